The highest BCUT2D eigenvalue weighted by molar-refractivity contribution is 5.92. The number of morpholine rings is 1. The minimum Gasteiger partial charge on any atom is -0.382 e. The average Bonchev–Trinajstić information content (AvgIpc) is 2.80. The first-order valence-electron chi connectivity index (χ1n) is 5.74. The molecule has 1 aromatic carbocycles. The van der Waals surface area contributed by atoms with E-state index < -0.39 is 23.1 Å². The molecule has 1 aliphatic heterocycles. The van der Waals surface area contributed by atoms with Crippen molar-refractivity contribution >= 4 is 22.4 Å². The lowest BCUT2D eigenvalue weighted by atomic mass is 10.1. The molecule has 0 unspecified atom stereocenters. The van der Waals surface area contributed by atoms with Crippen LogP contribution in [-0.2, 0) is 4.74 Å². The largest absolute Gasteiger partial charge is 0.382 e. The molecule has 0 radical (unpaired) electrons. The molecule has 0 saturated carbocycles. The van der Waals surface area contributed by atoms with Gasteiger partial charge in [0.25, 0.3) is 0 Å². The van der Waals surface area contributed by atoms with Crippen molar-refractivity contribution in [3.05, 3.63) is 17.5 Å². The molecule has 8 heteroatoms. The molecule has 1 saturated heterocycles. The van der Waals surface area contributed by atoms with Gasteiger partial charge < -0.3 is 15.4 Å². The molecule has 0 amide bonds. The molecule has 102 valence electrons. The first-order chi connectivity index (χ1) is 9.11. The van der Waals surface area contributed by atoms with Gasteiger partial charge in [0.1, 0.15) is 11.2 Å². The molecule has 1 fully saturated rings. The highest BCUT2D eigenvalue weighted by atomic mass is 19.2. The number of hydrogen-bond donors (Lipinski definition) is 2. The van der Waals surface area contributed by atoms with Crippen LogP contribution in [0.4, 0.5) is 24.7 Å². The van der Waals surface area contributed by atoms with Crippen LogP contribution < -0.4 is 10.6 Å². The smallest absolute Gasteiger partial charge is 0.186 e. The number of nitrogen functional groups attached to an aromatic ring is 1. The number of hydrogen-bond acceptors (Lipinski definition) is 4. The third-order valence-electron chi connectivity index (χ3n) is 3.17. The minimum absolute atomic E-state index is 0.224. The Kier molecular flexibility index (Phi) is 2.74. The fourth-order valence-electron chi connectivity index (χ4n) is 2.23. The Morgan fingerprint density at radius 2 is 1.79 bits per heavy atom. The molecule has 3 N–H and O–H groups in total. The SMILES string of the molecule is Nc1n[nH]c2c(F)c(N3CCOCC3)c(F)c(F)c12. The molecule has 0 atom stereocenters. The third kappa shape index (κ3) is 1.71. The van der Waals surface area contributed by atoms with Crippen molar-refractivity contribution < 1.29 is 17.9 Å². The predicted molar refractivity (Wildman–Crippen MR) is 63.4 cm³/mol. The van der Waals surface area contributed by atoms with Crippen molar-refractivity contribution in [2.24, 2.45) is 0 Å². The van der Waals surface area contributed by atoms with Crippen molar-refractivity contribution in [2.75, 3.05) is 36.9 Å². The molecule has 1 aromatic heterocycles. The lowest BCUT2D eigenvalue weighted by molar-refractivity contribution is 0.122. The van der Waals surface area contributed by atoms with E-state index in [0.717, 1.165) is 0 Å². The Balaban J connectivity index is 2.24. The van der Waals surface area contributed by atoms with Crippen LogP contribution in [0.5, 0.6) is 0 Å². The van der Waals surface area contributed by atoms with E-state index in [4.69, 9.17) is 10.5 Å². The summed E-state index contributed by atoms with van der Waals surface area (Å²) in [6, 6.07) is 0. The lowest BCUT2D eigenvalue weighted by Crippen LogP contribution is -2.37. The maximum Gasteiger partial charge on any atom is 0.186 e. The zero-order valence-electron chi connectivity index (χ0n) is 9.84. The van der Waals surface area contributed by atoms with Gasteiger partial charge in [-0.1, -0.05) is 0 Å². The number of nitrogens with zero attached hydrogens (tertiary/aromatic N) is 2. The maximum atomic E-state index is 14.3. The molecule has 19 heavy (non-hydrogen) atoms. The number of nitrogens with one attached hydrogen (secondary N) is 1. The Hall–Kier alpha value is -1.96. The van der Waals surface area contributed by atoms with Gasteiger partial charge in [-0.3, -0.25) is 5.10 Å². The minimum atomic E-state index is -1.25. The number of H-pyrrole nitrogens is 1. The number of nitrogens with two attached hydrogens (primary N) is 1. The van der Waals surface area contributed by atoms with Crippen LogP contribution >= 0.6 is 0 Å². The van der Waals surface area contributed by atoms with Crippen molar-refractivity contribution in [3.63, 3.8) is 0 Å². The Morgan fingerprint density at radius 1 is 1.11 bits per heavy atom. The van der Waals surface area contributed by atoms with Crippen LogP contribution in [0.3, 0.4) is 0 Å². The summed E-state index contributed by atoms with van der Waals surface area (Å²) < 4.78 is 47.4. The van der Waals surface area contributed by atoms with E-state index in [1.54, 1.807) is 0 Å². The molecule has 2 aromatic rings. The molecule has 1 aliphatic rings. The number of ether oxygens (including phenoxy) is 1. The van der Waals surface area contributed by atoms with E-state index in [9.17, 15) is 13.2 Å². The quantitative estimate of drug-likeness (QED) is 0.770. The predicted octanol–water partition coefficient (Wildman–Crippen LogP) is 1.40. The maximum absolute atomic E-state index is 14.3. The number of fused-ring (bicyclic) bond motifs is 1. The van der Waals surface area contributed by atoms with Gasteiger partial charge in [-0.2, -0.15) is 5.10 Å². The molecule has 2 heterocycles. The second-order valence-electron chi connectivity index (χ2n) is 4.25. The summed E-state index contributed by atoms with van der Waals surface area (Å²) in [4.78, 5) is 1.41. The Morgan fingerprint density at radius 3 is 2.47 bits per heavy atom. The molecule has 3 rings (SSSR count). The second kappa shape index (κ2) is 4.30. The van der Waals surface area contributed by atoms with Gasteiger partial charge >= 0.3 is 0 Å². The highest BCUT2D eigenvalue weighted by Crippen LogP contribution is 2.34. The second-order valence-corrected chi connectivity index (χ2v) is 4.25. The fraction of sp³-hybridized carbons (Fsp3) is 0.364. The first kappa shape index (κ1) is 12.1. The summed E-state index contributed by atoms with van der Waals surface area (Å²) >= 11 is 0. The zero-order chi connectivity index (χ0) is 13.6. The van der Waals surface area contributed by atoms with E-state index >= 15 is 0 Å². The number of rotatable bonds is 1. The molecule has 5 nitrogen and oxygen atoms in total. The molecule has 0 bridgehead atoms. The van der Waals surface area contributed by atoms with Crippen molar-refractivity contribution in [3.8, 4) is 0 Å². The Bertz CT molecular complexity index is 637. The number of benzene rings is 1. The third-order valence-corrected chi connectivity index (χ3v) is 3.17. The van der Waals surface area contributed by atoms with E-state index in [-0.39, 0.29) is 16.7 Å². The number of anilines is 2. The Labute approximate surface area is 106 Å². The summed E-state index contributed by atoms with van der Waals surface area (Å²) in [6.07, 6.45) is 0. The van der Waals surface area contributed by atoms with Gasteiger partial charge in [0, 0.05) is 13.1 Å². The average molecular weight is 272 g/mol. The zero-order valence-corrected chi connectivity index (χ0v) is 9.84. The standard InChI is InChI=1S/C11H11F3N4O/c12-6-5-9(16-17-11(5)15)8(14)10(7(6)13)18-1-3-19-4-2-18/h1-4H2,(H3,15,16,17). The highest BCUT2D eigenvalue weighted by Gasteiger charge is 2.28. The summed E-state index contributed by atoms with van der Waals surface area (Å²) in [5, 5.41) is 5.44. The molecule has 0 spiro atoms. The molecular formula is C11H11F3N4O. The van der Waals surface area contributed by atoms with Crippen molar-refractivity contribution in [2.45, 2.75) is 0 Å². The number of halogens is 3. The van der Waals surface area contributed by atoms with Crippen LogP contribution in [0.25, 0.3) is 10.9 Å². The van der Waals surface area contributed by atoms with Gasteiger partial charge in [0.2, 0.25) is 0 Å². The fourth-order valence-corrected chi connectivity index (χ4v) is 2.23. The van der Waals surface area contributed by atoms with E-state index in [0.29, 0.717) is 26.3 Å². The topological polar surface area (TPSA) is 67.2 Å². The normalized spacial score (nSPS) is 16.3. The van der Waals surface area contributed by atoms with E-state index in [2.05, 4.69) is 10.2 Å². The van der Waals surface area contributed by atoms with Gasteiger partial charge in [-0.25, -0.2) is 13.2 Å². The van der Waals surface area contributed by atoms with Crippen molar-refractivity contribution in [1.82, 2.24) is 10.2 Å². The van der Waals surface area contributed by atoms with Crippen LogP contribution in [0.15, 0.2) is 0 Å². The molecular weight excluding hydrogens is 261 g/mol. The van der Waals surface area contributed by atoms with E-state index in [1.807, 2.05) is 0 Å². The van der Waals surface area contributed by atoms with Crippen LogP contribution in [0.1, 0.15) is 0 Å². The summed E-state index contributed by atoms with van der Waals surface area (Å²) in [5.74, 6) is -3.59. The van der Waals surface area contributed by atoms with Crippen LogP contribution in [0, 0.1) is 17.5 Å². The number of aromatic nitrogens is 2. The van der Waals surface area contributed by atoms with Gasteiger partial charge in [0.05, 0.1) is 18.6 Å². The monoisotopic (exact) mass is 272 g/mol. The molecule has 0 aliphatic carbocycles. The van der Waals surface area contributed by atoms with Gasteiger partial charge in [-0.15, -0.1) is 0 Å². The summed E-state index contributed by atoms with van der Waals surface area (Å²) in [5.41, 5.74) is 4.76. The van der Waals surface area contributed by atoms with Gasteiger partial charge in [0.15, 0.2) is 23.3 Å². The summed E-state index contributed by atoms with van der Waals surface area (Å²) in [7, 11) is 0. The summed E-state index contributed by atoms with van der Waals surface area (Å²) in [6.45, 7) is 1.26. The first-order valence-corrected chi connectivity index (χ1v) is 5.74. The van der Waals surface area contributed by atoms with Crippen molar-refractivity contribution in [1.29, 1.82) is 0 Å². The van der Waals surface area contributed by atoms with Gasteiger partial charge in [-0.05, 0) is 0 Å². The lowest BCUT2D eigenvalue weighted by Gasteiger charge is -2.29. The van der Waals surface area contributed by atoms with E-state index in [1.165, 1.54) is 4.90 Å². The van der Waals surface area contributed by atoms with Crippen LogP contribution in [-0.4, -0.2) is 36.5 Å². The number of aromatic amines is 1. The van der Waals surface area contributed by atoms with Crippen LogP contribution in [0.2, 0.25) is 0 Å².